The van der Waals surface area contributed by atoms with Gasteiger partial charge in [-0.2, -0.15) is 4.31 Å². The number of sulfonamides is 1. The summed E-state index contributed by atoms with van der Waals surface area (Å²) in [6, 6.07) is 9.95. The number of hydrogen-bond donors (Lipinski definition) is 0. The van der Waals surface area contributed by atoms with Crippen LogP contribution in [-0.2, 0) is 10.0 Å². The van der Waals surface area contributed by atoms with E-state index in [0.717, 1.165) is 23.1 Å². The van der Waals surface area contributed by atoms with Gasteiger partial charge in [-0.1, -0.05) is 11.3 Å². The van der Waals surface area contributed by atoms with Crippen molar-refractivity contribution in [1.82, 2.24) is 14.2 Å². The van der Waals surface area contributed by atoms with E-state index in [4.69, 9.17) is 14.5 Å². The molecule has 2 aliphatic heterocycles. The van der Waals surface area contributed by atoms with Crippen LogP contribution in [0.4, 0.5) is 5.13 Å². The minimum absolute atomic E-state index is 0.210. The molecular weight excluding hydrogens is 488 g/mol. The number of nitrogens with zero attached hydrogens (tertiary/aromatic N) is 4. The first-order valence-electron chi connectivity index (χ1n) is 11.6. The molecule has 3 heterocycles. The van der Waals surface area contributed by atoms with E-state index >= 15 is 0 Å². The Morgan fingerprint density at radius 2 is 1.69 bits per heavy atom. The summed E-state index contributed by atoms with van der Waals surface area (Å²) in [5, 5.41) is 0.572. The molecule has 5 rings (SSSR count). The predicted molar refractivity (Wildman–Crippen MR) is 135 cm³/mol. The van der Waals surface area contributed by atoms with Gasteiger partial charge in [-0.05, 0) is 51.2 Å². The normalized spacial score (nSPS) is 16.2. The third kappa shape index (κ3) is 4.86. The Bertz CT molecular complexity index is 1290. The molecule has 1 fully saturated rings. The number of carbonyl (C=O) groups is 1. The summed E-state index contributed by atoms with van der Waals surface area (Å²) in [5.41, 5.74) is 1.15. The Kier molecular flexibility index (Phi) is 6.67. The van der Waals surface area contributed by atoms with Gasteiger partial charge in [0.15, 0.2) is 16.6 Å². The summed E-state index contributed by atoms with van der Waals surface area (Å²) in [7, 11) is 0.360. The Morgan fingerprint density at radius 1 is 1.03 bits per heavy atom. The summed E-state index contributed by atoms with van der Waals surface area (Å²) in [6.07, 6.45) is 1.75. The van der Waals surface area contributed by atoms with Crippen LogP contribution in [0.2, 0.25) is 0 Å². The molecule has 1 aromatic heterocycles. The lowest BCUT2D eigenvalue weighted by Crippen LogP contribution is -2.36. The Morgan fingerprint density at radius 3 is 2.34 bits per heavy atom. The summed E-state index contributed by atoms with van der Waals surface area (Å²) in [5.74, 6) is 1.11. The molecule has 2 aromatic carbocycles. The van der Waals surface area contributed by atoms with Crippen molar-refractivity contribution in [3.8, 4) is 11.5 Å². The first kappa shape index (κ1) is 24.0. The number of fused-ring (bicyclic) bond motifs is 2. The molecule has 0 bridgehead atoms. The zero-order valence-electron chi connectivity index (χ0n) is 19.8. The third-order valence-corrected chi connectivity index (χ3v) is 9.05. The maximum Gasteiger partial charge on any atom is 0.260 e. The number of anilines is 1. The number of thiazole rings is 1. The molecular formula is C24H28N4O5S2. The highest BCUT2D eigenvalue weighted by molar-refractivity contribution is 7.89. The van der Waals surface area contributed by atoms with Crippen molar-refractivity contribution < 1.29 is 22.7 Å². The highest BCUT2D eigenvalue weighted by Gasteiger charge is 2.28. The SMILES string of the molecule is CN(C)CCN(C(=O)c1ccc(S(=O)(=O)N2CCCC2)cc1)c1nc2cc3c(cc2s1)OCCO3. The highest BCUT2D eigenvalue weighted by atomic mass is 32.2. The van der Waals surface area contributed by atoms with E-state index in [2.05, 4.69) is 0 Å². The summed E-state index contributed by atoms with van der Waals surface area (Å²) >= 11 is 1.41. The van der Waals surface area contributed by atoms with Crippen molar-refractivity contribution in [2.24, 2.45) is 0 Å². The fourth-order valence-electron chi connectivity index (χ4n) is 4.16. The lowest BCUT2D eigenvalue weighted by Gasteiger charge is -2.22. The predicted octanol–water partition coefficient (Wildman–Crippen LogP) is 3.06. The maximum absolute atomic E-state index is 13.6. The van der Waals surface area contributed by atoms with Gasteiger partial charge in [0.1, 0.15) is 13.2 Å². The van der Waals surface area contributed by atoms with E-state index in [-0.39, 0.29) is 10.8 Å². The molecule has 1 amide bonds. The van der Waals surface area contributed by atoms with Crippen LogP contribution in [0.15, 0.2) is 41.3 Å². The zero-order chi connectivity index (χ0) is 24.6. The monoisotopic (exact) mass is 516 g/mol. The maximum atomic E-state index is 13.6. The molecule has 0 atom stereocenters. The molecule has 0 N–H and O–H groups in total. The number of ether oxygens (including phenoxy) is 2. The lowest BCUT2D eigenvalue weighted by molar-refractivity contribution is 0.0985. The standard InChI is InChI=1S/C24H28N4O5S2/c1-26(2)11-12-28(24-25-19-15-20-21(16-22(19)34-24)33-14-13-32-20)23(29)17-5-7-18(8-6-17)35(30,31)27-9-3-4-10-27/h5-8,15-16H,3-4,9-14H2,1-2H3. The van der Waals surface area contributed by atoms with E-state index in [9.17, 15) is 13.2 Å². The van der Waals surface area contributed by atoms with Gasteiger partial charge in [-0.15, -0.1) is 0 Å². The molecule has 11 heteroatoms. The van der Waals surface area contributed by atoms with E-state index in [0.29, 0.717) is 61.6 Å². The van der Waals surface area contributed by atoms with Gasteiger partial charge in [0, 0.05) is 43.9 Å². The van der Waals surface area contributed by atoms with Gasteiger partial charge in [-0.25, -0.2) is 13.4 Å². The van der Waals surface area contributed by atoms with Gasteiger partial charge < -0.3 is 14.4 Å². The second kappa shape index (κ2) is 9.73. The number of rotatable bonds is 7. The lowest BCUT2D eigenvalue weighted by atomic mass is 10.2. The molecule has 0 unspecified atom stereocenters. The third-order valence-electron chi connectivity index (χ3n) is 6.09. The van der Waals surface area contributed by atoms with Gasteiger partial charge in [-0.3, -0.25) is 9.69 Å². The number of likely N-dealkylation sites (N-methyl/N-ethyl adjacent to an activating group) is 1. The fraction of sp³-hybridized carbons (Fsp3) is 0.417. The number of carbonyl (C=O) groups excluding carboxylic acids is 1. The topological polar surface area (TPSA) is 92.3 Å². The van der Waals surface area contributed by atoms with Gasteiger partial charge in [0.05, 0.1) is 15.1 Å². The second-order valence-corrected chi connectivity index (χ2v) is 11.8. The first-order chi connectivity index (χ1) is 16.8. The molecule has 1 saturated heterocycles. The molecule has 9 nitrogen and oxygen atoms in total. The highest BCUT2D eigenvalue weighted by Crippen LogP contribution is 2.39. The van der Waals surface area contributed by atoms with E-state index in [1.54, 1.807) is 17.0 Å². The van der Waals surface area contributed by atoms with E-state index in [1.807, 2.05) is 31.1 Å². The average molecular weight is 517 g/mol. The molecule has 0 radical (unpaired) electrons. The van der Waals surface area contributed by atoms with E-state index in [1.165, 1.54) is 27.8 Å². The molecule has 2 aliphatic rings. The van der Waals surface area contributed by atoms with E-state index < -0.39 is 10.0 Å². The minimum atomic E-state index is -3.53. The Balaban J connectivity index is 1.44. The van der Waals surface area contributed by atoms with Crippen molar-refractivity contribution >= 4 is 42.6 Å². The Hall–Kier alpha value is -2.73. The summed E-state index contributed by atoms with van der Waals surface area (Å²) < 4.78 is 39.5. The van der Waals surface area contributed by atoms with Crippen molar-refractivity contribution in [2.75, 3.05) is 58.4 Å². The molecule has 0 aliphatic carbocycles. The fourth-order valence-corrected chi connectivity index (χ4v) is 6.67. The smallest absolute Gasteiger partial charge is 0.260 e. The van der Waals surface area contributed by atoms with Crippen LogP contribution in [0.5, 0.6) is 11.5 Å². The van der Waals surface area contributed by atoms with Crippen LogP contribution in [0.1, 0.15) is 23.2 Å². The van der Waals surface area contributed by atoms with Crippen LogP contribution in [0, 0.1) is 0 Å². The van der Waals surface area contributed by atoms with Crippen molar-refractivity contribution in [3.63, 3.8) is 0 Å². The average Bonchev–Trinajstić information content (AvgIpc) is 3.53. The largest absolute Gasteiger partial charge is 0.486 e. The van der Waals surface area contributed by atoms with Crippen LogP contribution < -0.4 is 14.4 Å². The van der Waals surface area contributed by atoms with Crippen molar-refractivity contribution in [1.29, 1.82) is 0 Å². The zero-order valence-corrected chi connectivity index (χ0v) is 21.4. The Labute approximate surface area is 208 Å². The molecule has 35 heavy (non-hydrogen) atoms. The van der Waals surface area contributed by atoms with Crippen LogP contribution >= 0.6 is 11.3 Å². The molecule has 3 aromatic rings. The molecule has 0 spiro atoms. The van der Waals surface area contributed by atoms with Gasteiger partial charge in [0.2, 0.25) is 10.0 Å². The van der Waals surface area contributed by atoms with Gasteiger partial charge in [0.25, 0.3) is 5.91 Å². The minimum Gasteiger partial charge on any atom is -0.486 e. The quantitative estimate of drug-likeness (QED) is 0.477. The number of aromatic nitrogens is 1. The van der Waals surface area contributed by atoms with Crippen LogP contribution in [0.3, 0.4) is 0 Å². The van der Waals surface area contributed by atoms with Crippen LogP contribution in [-0.4, -0.2) is 82.0 Å². The summed E-state index contributed by atoms with van der Waals surface area (Å²) in [4.78, 5) is 22.2. The number of amides is 1. The number of benzene rings is 2. The number of hydrogen-bond acceptors (Lipinski definition) is 8. The van der Waals surface area contributed by atoms with Crippen LogP contribution in [0.25, 0.3) is 10.2 Å². The first-order valence-corrected chi connectivity index (χ1v) is 13.9. The van der Waals surface area contributed by atoms with Crippen molar-refractivity contribution in [3.05, 3.63) is 42.0 Å². The molecule has 186 valence electrons. The second-order valence-electron chi connectivity index (χ2n) is 8.86. The molecule has 0 saturated carbocycles. The summed E-state index contributed by atoms with van der Waals surface area (Å²) in [6.45, 7) is 3.16. The van der Waals surface area contributed by atoms with Gasteiger partial charge >= 0.3 is 0 Å². The van der Waals surface area contributed by atoms with Crippen molar-refractivity contribution in [2.45, 2.75) is 17.7 Å².